The molecule has 17 heteroatoms. The average Bonchev–Trinajstić information content (AvgIpc) is 3.74. The quantitative estimate of drug-likeness (QED) is 0.145. The van der Waals surface area contributed by atoms with Gasteiger partial charge in [-0.2, -0.15) is 0 Å². The van der Waals surface area contributed by atoms with Crippen LogP contribution in [0.5, 0.6) is 0 Å². The summed E-state index contributed by atoms with van der Waals surface area (Å²) in [4.78, 5) is 0. The first-order valence-corrected chi connectivity index (χ1v) is 22.9. The summed E-state index contributed by atoms with van der Waals surface area (Å²) in [6, 6.07) is 0. The van der Waals surface area contributed by atoms with E-state index in [9.17, 15) is 46.0 Å². The lowest BCUT2D eigenvalue weighted by atomic mass is 9.46. The predicted molar refractivity (Wildman–Crippen MR) is 210 cm³/mol. The maximum Gasteiger partial charge on any atom is 0.187 e. The lowest BCUT2D eigenvalue weighted by Crippen LogP contribution is -2.65. The molecule has 9 N–H and O–H groups in total. The van der Waals surface area contributed by atoms with Gasteiger partial charge < -0.3 is 83.9 Å². The Balaban J connectivity index is 0.922. The zero-order valence-electron chi connectivity index (χ0n) is 36.0. The van der Waals surface area contributed by atoms with E-state index in [0.29, 0.717) is 43.1 Å². The molecule has 61 heavy (non-hydrogen) atoms. The first-order chi connectivity index (χ1) is 28.9. The Morgan fingerprint density at radius 2 is 1.39 bits per heavy atom. The summed E-state index contributed by atoms with van der Waals surface area (Å²) < 4.78 is 49.5. The topological polar surface area (TPSA) is 256 Å². The third-order valence-corrected chi connectivity index (χ3v) is 17.6. The fraction of sp³-hybridized carbons (Fsp3) is 0.955. The summed E-state index contributed by atoms with van der Waals surface area (Å²) in [5.41, 5.74) is -0.100. The van der Waals surface area contributed by atoms with E-state index >= 15 is 0 Å². The van der Waals surface area contributed by atoms with Crippen LogP contribution in [0, 0.1) is 40.4 Å². The molecule has 25 atom stereocenters. The van der Waals surface area contributed by atoms with Crippen LogP contribution in [0.1, 0.15) is 92.4 Å². The lowest BCUT2D eigenvalue weighted by Gasteiger charge is -2.60. The van der Waals surface area contributed by atoms with Crippen molar-refractivity contribution in [2.75, 3.05) is 19.8 Å². The molecule has 8 fully saturated rings. The van der Waals surface area contributed by atoms with Crippen LogP contribution >= 0.6 is 0 Å². The summed E-state index contributed by atoms with van der Waals surface area (Å²) in [6.07, 6.45) is -11.0. The Labute approximate surface area is 357 Å². The van der Waals surface area contributed by atoms with Crippen LogP contribution in [-0.4, -0.2) is 175 Å². The molecule has 0 aromatic rings. The molecule has 0 aromatic carbocycles. The van der Waals surface area contributed by atoms with Crippen molar-refractivity contribution in [3.05, 3.63) is 11.6 Å². The maximum atomic E-state index is 12.8. The van der Waals surface area contributed by atoms with Gasteiger partial charge in [-0.25, -0.2) is 0 Å². The molecule has 1 spiro atoms. The Morgan fingerprint density at radius 3 is 2.08 bits per heavy atom. The molecule has 17 nitrogen and oxygen atoms in total. The van der Waals surface area contributed by atoms with Crippen molar-refractivity contribution in [3.8, 4) is 0 Å². The second-order valence-electron chi connectivity index (χ2n) is 20.7. The van der Waals surface area contributed by atoms with Crippen LogP contribution in [-0.2, 0) is 37.9 Å². The van der Waals surface area contributed by atoms with E-state index in [2.05, 4.69) is 33.8 Å². The Bertz CT molecular complexity index is 1610. The van der Waals surface area contributed by atoms with E-state index in [0.717, 1.165) is 44.9 Å². The van der Waals surface area contributed by atoms with Gasteiger partial charge in [-0.15, -0.1) is 0 Å². The fourth-order valence-corrected chi connectivity index (χ4v) is 13.8. The van der Waals surface area contributed by atoms with E-state index in [-0.39, 0.29) is 22.9 Å². The highest BCUT2D eigenvalue weighted by atomic mass is 16.8. The Morgan fingerprint density at radius 1 is 0.705 bits per heavy atom. The number of allylic oxidation sites excluding steroid dienone is 1. The van der Waals surface area contributed by atoms with Gasteiger partial charge in [0.05, 0.1) is 38.1 Å². The second-order valence-corrected chi connectivity index (χ2v) is 20.7. The summed E-state index contributed by atoms with van der Waals surface area (Å²) in [5, 5.41) is 97.6. The van der Waals surface area contributed by atoms with Gasteiger partial charge in [-0.1, -0.05) is 39.3 Å². The van der Waals surface area contributed by atoms with Crippen LogP contribution in [0.3, 0.4) is 0 Å². The smallest absolute Gasteiger partial charge is 0.187 e. The number of aliphatic hydroxyl groups excluding tert-OH is 8. The molecule has 5 saturated heterocycles. The van der Waals surface area contributed by atoms with Crippen molar-refractivity contribution < 1.29 is 83.9 Å². The third-order valence-electron chi connectivity index (χ3n) is 17.6. The summed E-state index contributed by atoms with van der Waals surface area (Å²) in [5.74, 6) is 0.693. The predicted octanol–water partition coefficient (Wildman–Crippen LogP) is -0.0319. The molecule has 3 saturated carbocycles. The number of ether oxygens (including phenoxy) is 8. The minimum absolute atomic E-state index is 0.109. The number of hydrogen-bond donors (Lipinski definition) is 9. The lowest BCUT2D eigenvalue weighted by molar-refractivity contribution is -0.380. The van der Waals surface area contributed by atoms with Crippen molar-refractivity contribution in [1.29, 1.82) is 0 Å². The van der Waals surface area contributed by atoms with Crippen LogP contribution in [0.25, 0.3) is 0 Å². The molecule has 0 bridgehead atoms. The largest absolute Gasteiger partial charge is 0.394 e. The molecule has 5 aliphatic heterocycles. The molecule has 4 aliphatic carbocycles. The van der Waals surface area contributed by atoms with E-state index in [1.807, 2.05) is 0 Å². The highest BCUT2D eigenvalue weighted by Gasteiger charge is 2.76. The number of aliphatic hydroxyl groups is 9. The van der Waals surface area contributed by atoms with Gasteiger partial charge in [0.1, 0.15) is 66.6 Å². The molecule has 0 amide bonds. The first-order valence-electron chi connectivity index (χ1n) is 22.9. The van der Waals surface area contributed by atoms with Crippen molar-refractivity contribution >= 4 is 0 Å². The van der Waals surface area contributed by atoms with Gasteiger partial charge in [0, 0.05) is 17.8 Å². The Hall–Kier alpha value is -0.940. The van der Waals surface area contributed by atoms with E-state index in [1.165, 1.54) is 12.5 Å². The van der Waals surface area contributed by atoms with E-state index < -0.39 is 117 Å². The molecular weight excluding hydrogens is 800 g/mol. The van der Waals surface area contributed by atoms with Crippen molar-refractivity contribution in [2.45, 2.75) is 202 Å². The van der Waals surface area contributed by atoms with E-state index in [4.69, 9.17) is 37.9 Å². The van der Waals surface area contributed by atoms with Gasteiger partial charge in [0.15, 0.2) is 24.7 Å². The average molecular weight is 871 g/mol. The normalized spacial score (nSPS) is 58.2. The number of hydrogen-bond acceptors (Lipinski definition) is 17. The zero-order valence-corrected chi connectivity index (χ0v) is 36.0. The second kappa shape index (κ2) is 16.4. The van der Waals surface area contributed by atoms with E-state index in [1.54, 1.807) is 0 Å². The summed E-state index contributed by atoms with van der Waals surface area (Å²) >= 11 is 0. The van der Waals surface area contributed by atoms with Gasteiger partial charge in [-0.05, 0) is 87.4 Å². The van der Waals surface area contributed by atoms with Gasteiger partial charge >= 0.3 is 0 Å². The van der Waals surface area contributed by atoms with Crippen LogP contribution < -0.4 is 0 Å². The number of rotatable bonds is 8. The molecule has 0 unspecified atom stereocenters. The SMILES string of the molecule is C[C@@H]1CC[C@]2(OC1)O[C@@H]1C[C@H]3[C@@H]4CC=C5C[C@H](O[C@@H]6O[C@H](CO)[C@@H](O[C@@H]7O[C@@H](CO)[C@H](O)[C@H]7O)[C@H](O)[C@H]6O[C@@H]6O[C@@H](C)[C@H](O)[C@@H](O)[C@H]6O)CC[C@]5(C)[C@H]4CC[C@]3(C)[C@@]1(O)[C@@H]2C. The van der Waals surface area contributed by atoms with Crippen LogP contribution in [0.2, 0.25) is 0 Å². The zero-order chi connectivity index (χ0) is 43.6. The molecular formula is C44H70O17. The van der Waals surface area contributed by atoms with Crippen LogP contribution in [0.4, 0.5) is 0 Å². The number of fused-ring (bicyclic) bond motifs is 7. The molecule has 0 radical (unpaired) electrons. The van der Waals surface area contributed by atoms with Crippen molar-refractivity contribution in [3.63, 3.8) is 0 Å². The summed E-state index contributed by atoms with van der Waals surface area (Å²) in [7, 11) is 0. The monoisotopic (exact) mass is 870 g/mol. The standard InChI is InChI=1S/C44H70O17/c1-19-8-13-43(54-18-19)21(3)44(53)29(61-43)15-26-24-7-6-22-14-23(9-11-41(22,4)25(24)10-12-42(26,44)5)56-40-37(60-38-34(51)32(49)30(47)20(2)55-38)35(52)36(28(17-46)58-40)59-39-33(50)31(48)27(16-45)57-39/h6,19-21,23-40,45-53H,7-18H2,1-5H3/t19-,20+,21-,23-,24-,25+,26+,27+,28-,29-,30+,31+,32-,33-,34-,35+,36-,37-,38+,39+,40-,41+,42+,43+,44-/m1/s1. The molecule has 0 aromatic heterocycles. The van der Waals surface area contributed by atoms with Gasteiger partial charge in [-0.3, -0.25) is 0 Å². The summed E-state index contributed by atoms with van der Waals surface area (Å²) in [6.45, 7) is 9.89. The fourth-order valence-electron chi connectivity index (χ4n) is 13.8. The first kappa shape index (κ1) is 45.2. The minimum atomic E-state index is -1.72. The molecule has 5 heterocycles. The maximum absolute atomic E-state index is 12.8. The Kier molecular flexibility index (Phi) is 12.2. The molecule has 9 aliphatic rings. The van der Waals surface area contributed by atoms with Gasteiger partial charge in [0.25, 0.3) is 0 Å². The molecule has 348 valence electrons. The third kappa shape index (κ3) is 6.97. The highest BCUT2D eigenvalue weighted by molar-refractivity contribution is 5.29. The highest BCUT2D eigenvalue weighted by Crippen LogP contribution is 2.72. The van der Waals surface area contributed by atoms with Gasteiger partial charge in [0.2, 0.25) is 0 Å². The molecule has 9 rings (SSSR count). The van der Waals surface area contributed by atoms with Crippen molar-refractivity contribution in [1.82, 2.24) is 0 Å². The minimum Gasteiger partial charge on any atom is -0.394 e. The van der Waals surface area contributed by atoms with Crippen molar-refractivity contribution in [2.24, 2.45) is 40.4 Å². The van der Waals surface area contributed by atoms with Crippen LogP contribution in [0.15, 0.2) is 11.6 Å².